The molecule has 1 heterocycles. The first-order chi connectivity index (χ1) is 8.13. The lowest BCUT2D eigenvalue weighted by Crippen LogP contribution is -2.12. The van der Waals surface area contributed by atoms with Crippen LogP contribution in [0.5, 0.6) is 0 Å². The molecule has 2 unspecified atom stereocenters. The number of aliphatic hydroxyl groups is 1. The maximum atomic E-state index is 10.3. The number of aliphatic hydroxyl groups excluding tert-OH is 1. The molecule has 0 saturated heterocycles. The van der Waals surface area contributed by atoms with Crippen LogP contribution in [0.3, 0.4) is 0 Å². The van der Waals surface area contributed by atoms with E-state index in [1.54, 1.807) is 0 Å². The minimum atomic E-state index is -0.314. The number of anilines is 1. The molecular formula is C15H23NO. The van der Waals surface area contributed by atoms with Crippen molar-refractivity contribution < 1.29 is 5.11 Å². The molecule has 0 radical (unpaired) electrons. The summed E-state index contributed by atoms with van der Waals surface area (Å²) >= 11 is 0. The molecule has 0 amide bonds. The summed E-state index contributed by atoms with van der Waals surface area (Å²) in [6.45, 7) is 5.40. The molecule has 94 valence electrons. The second-order valence-corrected chi connectivity index (χ2v) is 5.27. The van der Waals surface area contributed by atoms with Gasteiger partial charge in [0.05, 0.1) is 6.10 Å². The Hall–Kier alpha value is -1.02. The Morgan fingerprint density at radius 2 is 2.18 bits per heavy atom. The van der Waals surface area contributed by atoms with Crippen LogP contribution in [0.25, 0.3) is 0 Å². The average Bonchev–Trinajstić information content (AvgIpc) is 2.70. The molecule has 0 aromatic heterocycles. The monoisotopic (exact) mass is 233 g/mol. The fraction of sp³-hybridized carbons (Fsp3) is 0.600. The van der Waals surface area contributed by atoms with Crippen molar-refractivity contribution in [2.75, 3.05) is 18.5 Å². The van der Waals surface area contributed by atoms with Crippen LogP contribution in [0, 0.1) is 5.92 Å². The van der Waals surface area contributed by atoms with E-state index in [9.17, 15) is 5.11 Å². The summed E-state index contributed by atoms with van der Waals surface area (Å²) in [7, 11) is 2.13. The molecule has 2 rings (SSSR count). The minimum absolute atomic E-state index is 0.314. The number of hydrogen-bond acceptors (Lipinski definition) is 2. The number of fused-ring (bicyclic) bond motifs is 1. The Bertz CT molecular complexity index is 389. The number of rotatable bonds is 4. The molecule has 1 aliphatic heterocycles. The Labute approximate surface area is 104 Å². The fourth-order valence-corrected chi connectivity index (χ4v) is 2.71. The molecule has 17 heavy (non-hydrogen) atoms. The summed E-state index contributed by atoms with van der Waals surface area (Å²) in [5.74, 6) is 0.345. The molecule has 2 atom stereocenters. The van der Waals surface area contributed by atoms with E-state index in [0.29, 0.717) is 5.92 Å². The lowest BCUT2D eigenvalue weighted by atomic mass is 9.92. The first kappa shape index (κ1) is 12.4. The molecule has 0 spiro atoms. The zero-order valence-corrected chi connectivity index (χ0v) is 11.1. The van der Waals surface area contributed by atoms with Crippen LogP contribution >= 0.6 is 0 Å². The summed E-state index contributed by atoms with van der Waals surface area (Å²) in [5.41, 5.74) is 3.79. The zero-order valence-electron chi connectivity index (χ0n) is 11.1. The molecule has 1 aromatic rings. The molecule has 0 aliphatic carbocycles. The summed E-state index contributed by atoms with van der Waals surface area (Å²) < 4.78 is 0. The summed E-state index contributed by atoms with van der Waals surface area (Å²) in [6.07, 6.45) is 3.00. The lowest BCUT2D eigenvalue weighted by molar-refractivity contribution is 0.112. The van der Waals surface area contributed by atoms with E-state index < -0.39 is 0 Å². The first-order valence-corrected chi connectivity index (χ1v) is 6.65. The van der Waals surface area contributed by atoms with Crippen molar-refractivity contribution in [3.05, 3.63) is 29.3 Å². The Morgan fingerprint density at radius 1 is 1.41 bits per heavy atom. The molecule has 0 bridgehead atoms. The summed E-state index contributed by atoms with van der Waals surface area (Å²) in [6, 6.07) is 6.42. The molecule has 0 fully saturated rings. The number of hydrogen-bond donors (Lipinski definition) is 1. The number of nitrogens with zero attached hydrogens (tertiary/aromatic N) is 1. The van der Waals surface area contributed by atoms with E-state index in [-0.39, 0.29) is 6.10 Å². The summed E-state index contributed by atoms with van der Waals surface area (Å²) in [4.78, 5) is 2.28. The van der Waals surface area contributed by atoms with E-state index in [2.05, 4.69) is 44.0 Å². The van der Waals surface area contributed by atoms with Gasteiger partial charge in [-0.1, -0.05) is 32.4 Å². The highest BCUT2D eigenvalue weighted by Crippen LogP contribution is 2.32. The van der Waals surface area contributed by atoms with Gasteiger partial charge in [0.1, 0.15) is 0 Å². The van der Waals surface area contributed by atoms with E-state index in [1.165, 1.54) is 11.3 Å². The molecule has 2 nitrogen and oxygen atoms in total. The lowest BCUT2D eigenvalue weighted by Gasteiger charge is -2.20. The van der Waals surface area contributed by atoms with Gasteiger partial charge in [0.15, 0.2) is 0 Å². The highest BCUT2D eigenvalue weighted by molar-refractivity contribution is 5.58. The standard InChI is InChI=1S/C15H23NO/c1-4-5-11(2)15(17)13-6-7-14-12(10-13)8-9-16(14)3/h6-7,10-11,15,17H,4-5,8-9H2,1-3H3. The number of benzene rings is 1. The van der Waals surface area contributed by atoms with Crippen molar-refractivity contribution in [2.24, 2.45) is 5.92 Å². The van der Waals surface area contributed by atoms with Crippen molar-refractivity contribution >= 4 is 5.69 Å². The van der Waals surface area contributed by atoms with E-state index in [1.807, 2.05) is 0 Å². The fourth-order valence-electron chi connectivity index (χ4n) is 2.71. The molecule has 0 saturated carbocycles. The normalized spacial score (nSPS) is 18.0. The average molecular weight is 233 g/mol. The van der Waals surface area contributed by atoms with E-state index in [4.69, 9.17) is 0 Å². The van der Waals surface area contributed by atoms with Gasteiger partial charge >= 0.3 is 0 Å². The van der Waals surface area contributed by atoms with Crippen LogP contribution in [0.15, 0.2) is 18.2 Å². The van der Waals surface area contributed by atoms with Crippen LogP contribution < -0.4 is 4.90 Å². The maximum Gasteiger partial charge on any atom is 0.0815 e. The van der Waals surface area contributed by atoms with E-state index in [0.717, 1.165) is 31.4 Å². The van der Waals surface area contributed by atoms with Crippen LogP contribution in [0.2, 0.25) is 0 Å². The summed E-state index contributed by atoms with van der Waals surface area (Å²) in [5, 5.41) is 10.3. The van der Waals surface area contributed by atoms with Crippen molar-refractivity contribution in [2.45, 2.75) is 39.2 Å². The Balaban J connectivity index is 2.17. The molecule has 2 heteroatoms. The molecule has 1 N–H and O–H groups in total. The maximum absolute atomic E-state index is 10.3. The van der Waals surface area contributed by atoms with Crippen molar-refractivity contribution in [3.8, 4) is 0 Å². The molecular weight excluding hydrogens is 210 g/mol. The van der Waals surface area contributed by atoms with Gasteiger partial charge in [-0.05, 0) is 36.0 Å². The van der Waals surface area contributed by atoms with Gasteiger partial charge < -0.3 is 10.0 Å². The highest BCUT2D eigenvalue weighted by Gasteiger charge is 2.20. The van der Waals surface area contributed by atoms with Crippen molar-refractivity contribution in [1.29, 1.82) is 0 Å². The third-order valence-electron chi connectivity index (χ3n) is 3.86. The molecule has 1 aliphatic rings. The predicted octanol–water partition coefficient (Wildman–Crippen LogP) is 3.15. The van der Waals surface area contributed by atoms with Gasteiger partial charge in [0.2, 0.25) is 0 Å². The smallest absolute Gasteiger partial charge is 0.0815 e. The van der Waals surface area contributed by atoms with Gasteiger partial charge in [0, 0.05) is 19.3 Å². The van der Waals surface area contributed by atoms with Crippen LogP contribution in [0.1, 0.15) is 43.9 Å². The predicted molar refractivity (Wildman–Crippen MR) is 72.4 cm³/mol. The second kappa shape index (κ2) is 5.09. The third-order valence-corrected chi connectivity index (χ3v) is 3.86. The Morgan fingerprint density at radius 3 is 2.88 bits per heavy atom. The topological polar surface area (TPSA) is 23.5 Å². The van der Waals surface area contributed by atoms with Gasteiger partial charge in [0.25, 0.3) is 0 Å². The zero-order chi connectivity index (χ0) is 12.4. The SMILES string of the molecule is CCCC(C)C(O)c1ccc2c(c1)CCN2C. The van der Waals surface area contributed by atoms with Crippen molar-refractivity contribution in [3.63, 3.8) is 0 Å². The highest BCUT2D eigenvalue weighted by atomic mass is 16.3. The minimum Gasteiger partial charge on any atom is -0.388 e. The quantitative estimate of drug-likeness (QED) is 0.863. The first-order valence-electron chi connectivity index (χ1n) is 6.65. The van der Waals surface area contributed by atoms with Crippen LogP contribution in [-0.2, 0) is 6.42 Å². The van der Waals surface area contributed by atoms with Gasteiger partial charge in [-0.25, -0.2) is 0 Å². The van der Waals surface area contributed by atoms with Crippen LogP contribution in [-0.4, -0.2) is 18.7 Å². The largest absolute Gasteiger partial charge is 0.388 e. The van der Waals surface area contributed by atoms with Crippen LogP contribution in [0.4, 0.5) is 5.69 Å². The van der Waals surface area contributed by atoms with Gasteiger partial charge in [-0.15, -0.1) is 0 Å². The Kier molecular flexibility index (Phi) is 3.72. The second-order valence-electron chi connectivity index (χ2n) is 5.27. The van der Waals surface area contributed by atoms with Crippen molar-refractivity contribution in [1.82, 2.24) is 0 Å². The number of likely N-dealkylation sites (N-methyl/N-ethyl adjacent to an activating group) is 1. The third kappa shape index (κ3) is 2.47. The molecule has 1 aromatic carbocycles. The van der Waals surface area contributed by atoms with E-state index >= 15 is 0 Å². The van der Waals surface area contributed by atoms with Gasteiger partial charge in [-0.3, -0.25) is 0 Å². The van der Waals surface area contributed by atoms with Gasteiger partial charge in [-0.2, -0.15) is 0 Å².